The van der Waals surface area contributed by atoms with E-state index in [9.17, 15) is 15.0 Å². The molecule has 230 valence electrons. The summed E-state index contributed by atoms with van der Waals surface area (Å²) in [5.74, 6) is 2.05. The van der Waals surface area contributed by atoms with Crippen molar-refractivity contribution in [1.82, 2.24) is 0 Å². The van der Waals surface area contributed by atoms with E-state index >= 15 is 0 Å². The number of benzene rings is 1. The summed E-state index contributed by atoms with van der Waals surface area (Å²) >= 11 is 0. The third-order valence-corrected chi connectivity index (χ3v) is 14.4. The van der Waals surface area contributed by atoms with E-state index in [1.165, 1.54) is 69.6 Å². The highest BCUT2D eigenvalue weighted by Gasteiger charge is 2.67. The van der Waals surface area contributed by atoms with Gasteiger partial charge in [-0.15, -0.1) is 0 Å². The van der Waals surface area contributed by atoms with Crippen molar-refractivity contribution in [1.29, 1.82) is 0 Å². The number of hydrogen-bond acceptors (Lipinski definition) is 4. The maximum Gasteiger partial charge on any atom is 0.331 e. The zero-order valence-electron chi connectivity index (χ0n) is 27.1. The van der Waals surface area contributed by atoms with Crippen LogP contribution in [0.25, 0.3) is 6.08 Å². The monoisotopic (exact) mass is 574 g/mol. The maximum atomic E-state index is 13.0. The van der Waals surface area contributed by atoms with Gasteiger partial charge in [0.25, 0.3) is 0 Å². The van der Waals surface area contributed by atoms with Crippen LogP contribution >= 0.6 is 0 Å². The summed E-state index contributed by atoms with van der Waals surface area (Å²) in [6.45, 7) is 17.7. The van der Waals surface area contributed by atoms with Crippen LogP contribution in [-0.4, -0.2) is 22.3 Å². The first-order valence-electron chi connectivity index (χ1n) is 16.8. The van der Waals surface area contributed by atoms with Crippen LogP contribution in [0.3, 0.4) is 0 Å². The summed E-state index contributed by atoms with van der Waals surface area (Å²) in [4.78, 5) is 13.0. The van der Waals surface area contributed by atoms with Gasteiger partial charge in [-0.3, -0.25) is 0 Å². The van der Waals surface area contributed by atoms with Crippen LogP contribution in [0.15, 0.2) is 35.9 Å². The van der Waals surface area contributed by atoms with Crippen molar-refractivity contribution in [2.24, 2.45) is 50.7 Å². The van der Waals surface area contributed by atoms with Crippen LogP contribution in [0.4, 0.5) is 0 Å². The number of phenolic OH excluding ortho intramolecular Hbond substituents is 2. The van der Waals surface area contributed by atoms with Gasteiger partial charge in [0.2, 0.25) is 0 Å². The second-order valence-electron chi connectivity index (χ2n) is 16.7. The molecule has 1 aromatic rings. The molecule has 42 heavy (non-hydrogen) atoms. The Bertz CT molecular complexity index is 1310. The first-order chi connectivity index (χ1) is 19.6. The summed E-state index contributed by atoms with van der Waals surface area (Å²) in [5, 5.41) is 19.3. The number of rotatable bonds is 3. The Labute approximate surface area is 254 Å². The van der Waals surface area contributed by atoms with Gasteiger partial charge >= 0.3 is 5.97 Å². The predicted molar refractivity (Wildman–Crippen MR) is 169 cm³/mol. The summed E-state index contributed by atoms with van der Waals surface area (Å²) in [6, 6.07) is 4.54. The van der Waals surface area contributed by atoms with E-state index in [0.29, 0.717) is 28.2 Å². The molecule has 9 atom stereocenters. The van der Waals surface area contributed by atoms with E-state index in [4.69, 9.17) is 4.74 Å². The highest BCUT2D eigenvalue weighted by molar-refractivity contribution is 5.87. The Morgan fingerprint density at radius 1 is 0.905 bits per heavy atom. The molecule has 4 heteroatoms. The standard InChI is InChI=1S/C38H54O4/c1-24-14-17-35(4)20-21-37(6)26(27(35)22-24)10-12-31-36(5)18-16-32(34(2,3)30(36)15-19-38(31,37)7)42-33(41)13-9-25-8-11-28(39)29(40)23-25/h8-11,13,23-24,27,30-32,39-40H,12,14-22H2,1-7H3/b13-9+/t24-,27+,30+,31-,32+,35-,36+,37-,38-/m1/s1. The third kappa shape index (κ3) is 4.32. The minimum absolute atomic E-state index is 0.108. The summed E-state index contributed by atoms with van der Waals surface area (Å²) in [6.07, 6.45) is 18.3. The van der Waals surface area contributed by atoms with Gasteiger partial charge in [0.05, 0.1) is 0 Å². The van der Waals surface area contributed by atoms with E-state index in [0.717, 1.165) is 24.7 Å². The molecule has 0 saturated heterocycles. The first kappa shape index (κ1) is 29.8. The molecule has 4 saturated carbocycles. The largest absolute Gasteiger partial charge is 0.504 e. The first-order valence-corrected chi connectivity index (χ1v) is 16.8. The molecule has 0 amide bonds. The van der Waals surface area contributed by atoms with Gasteiger partial charge in [0.1, 0.15) is 6.10 Å². The van der Waals surface area contributed by atoms with Crippen LogP contribution in [0.5, 0.6) is 11.5 Å². The highest BCUT2D eigenvalue weighted by atomic mass is 16.5. The van der Waals surface area contributed by atoms with Gasteiger partial charge in [-0.1, -0.05) is 72.6 Å². The van der Waals surface area contributed by atoms with Gasteiger partial charge in [-0.05, 0) is 127 Å². The van der Waals surface area contributed by atoms with Gasteiger partial charge in [0.15, 0.2) is 11.5 Å². The van der Waals surface area contributed by atoms with Crippen molar-refractivity contribution in [2.45, 2.75) is 119 Å². The van der Waals surface area contributed by atoms with E-state index in [1.54, 1.807) is 12.1 Å². The lowest BCUT2D eigenvalue weighted by Gasteiger charge is -2.71. The van der Waals surface area contributed by atoms with Gasteiger partial charge in [0, 0.05) is 11.5 Å². The maximum absolute atomic E-state index is 13.0. The van der Waals surface area contributed by atoms with Crippen LogP contribution in [0, 0.1) is 50.7 Å². The lowest BCUT2D eigenvalue weighted by molar-refractivity contribution is -0.210. The van der Waals surface area contributed by atoms with Crippen molar-refractivity contribution >= 4 is 12.0 Å². The summed E-state index contributed by atoms with van der Waals surface area (Å²) in [5.41, 5.74) is 3.68. The number of allylic oxidation sites excluding steroid dienone is 2. The molecule has 0 bridgehead atoms. The smallest absolute Gasteiger partial charge is 0.331 e. The Hall–Kier alpha value is -2.23. The molecule has 4 nitrogen and oxygen atoms in total. The Kier molecular flexibility index (Phi) is 7.03. The van der Waals surface area contributed by atoms with Gasteiger partial charge < -0.3 is 14.9 Å². The van der Waals surface area contributed by atoms with Crippen molar-refractivity contribution in [2.75, 3.05) is 0 Å². The molecule has 0 aromatic heterocycles. The van der Waals surface area contributed by atoms with Crippen molar-refractivity contribution in [3.05, 3.63) is 41.5 Å². The topological polar surface area (TPSA) is 66.8 Å². The van der Waals surface area contributed by atoms with Crippen molar-refractivity contribution in [3.63, 3.8) is 0 Å². The molecular formula is C38H54O4. The minimum atomic E-state index is -0.338. The highest BCUT2D eigenvalue weighted by Crippen LogP contribution is 2.75. The number of carbonyl (C=O) groups is 1. The molecule has 0 heterocycles. The lowest BCUT2D eigenvalue weighted by atomic mass is 9.34. The molecule has 5 aliphatic carbocycles. The SMILES string of the molecule is C[C@@H]1CC[C@]2(C)CC[C@]3(C)C(=CC[C@@H]4[C@@]5(C)CC[C@H](OC(=O)/C=C/c6ccc(O)c(O)c6)C(C)(C)[C@@H]5CC[C@]43C)[C@@H]2C1. The number of fused-ring (bicyclic) bond motifs is 7. The zero-order valence-corrected chi connectivity index (χ0v) is 27.1. The predicted octanol–water partition coefficient (Wildman–Crippen LogP) is 9.45. The van der Waals surface area contributed by atoms with E-state index in [2.05, 4.69) is 54.5 Å². The molecule has 1 aromatic carbocycles. The van der Waals surface area contributed by atoms with Crippen LogP contribution in [-0.2, 0) is 9.53 Å². The average molecular weight is 575 g/mol. The Morgan fingerprint density at radius 3 is 2.40 bits per heavy atom. The van der Waals surface area contributed by atoms with Gasteiger partial charge in [-0.25, -0.2) is 4.79 Å². The van der Waals surface area contributed by atoms with Crippen molar-refractivity contribution in [3.8, 4) is 11.5 Å². The fourth-order valence-corrected chi connectivity index (χ4v) is 11.6. The number of carbonyl (C=O) groups excluding carboxylic acids is 1. The number of phenols is 2. The summed E-state index contributed by atoms with van der Waals surface area (Å²) in [7, 11) is 0. The van der Waals surface area contributed by atoms with Crippen LogP contribution in [0.2, 0.25) is 0 Å². The second kappa shape index (κ2) is 9.89. The summed E-state index contributed by atoms with van der Waals surface area (Å²) < 4.78 is 6.17. The number of aromatic hydroxyl groups is 2. The molecule has 0 radical (unpaired) electrons. The van der Waals surface area contributed by atoms with Crippen molar-refractivity contribution < 1.29 is 19.7 Å². The van der Waals surface area contributed by atoms with E-state index in [1.807, 2.05) is 5.57 Å². The Morgan fingerprint density at radius 2 is 1.67 bits per heavy atom. The van der Waals surface area contributed by atoms with Crippen LogP contribution in [0.1, 0.15) is 118 Å². The van der Waals surface area contributed by atoms with E-state index < -0.39 is 0 Å². The zero-order chi connectivity index (χ0) is 30.3. The Balaban J connectivity index is 1.23. The average Bonchev–Trinajstić information content (AvgIpc) is 2.92. The van der Waals surface area contributed by atoms with Gasteiger partial charge in [-0.2, -0.15) is 0 Å². The molecular weight excluding hydrogens is 520 g/mol. The van der Waals surface area contributed by atoms with E-state index in [-0.39, 0.29) is 39.8 Å². The molecule has 6 rings (SSSR count). The lowest BCUT2D eigenvalue weighted by Crippen LogP contribution is -2.64. The molecule has 0 aliphatic heterocycles. The minimum Gasteiger partial charge on any atom is -0.504 e. The quantitative estimate of drug-likeness (QED) is 0.163. The third-order valence-electron chi connectivity index (χ3n) is 14.4. The molecule has 0 unspecified atom stereocenters. The fourth-order valence-electron chi connectivity index (χ4n) is 11.6. The fraction of sp³-hybridized carbons (Fsp3) is 0.711. The molecule has 5 aliphatic rings. The normalized spacial score (nSPS) is 44.3. The van der Waals surface area contributed by atoms with Crippen LogP contribution < -0.4 is 0 Å². The molecule has 0 spiro atoms. The number of esters is 1. The molecule has 2 N–H and O–H groups in total. The number of hydrogen-bond donors (Lipinski definition) is 2. The molecule has 4 fully saturated rings. The number of ether oxygens (including phenoxy) is 1. The second-order valence-corrected chi connectivity index (χ2v) is 16.7.